The molecular weight excluding hydrogens is 460 g/mol. The summed E-state index contributed by atoms with van der Waals surface area (Å²) < 4.78 is 11.8. The first-order valence-corrected chi connectivity index (χ1v) is 13.5. The molecule has 2 aromatic rings. The van der Waals surface area contributed by atoms with E-state index in [1.165, 1.54) is 22.3 Å². The van der Waals surface area contributed by atoms with Gasteiger partial charge in [-0.1, -0.05) is 35.9 Å². The molecule has 0 fully saturated rings. The molecule has 5 nitrogen and oxygen atoms in total. The smallest absolute Gasteiger partial charge is 0.122 e. The van der Waals surface area contributed by atoms with Crippen LogP contribution in [0.1, 0.15) is 61.3 Å². The van der Waals surface area contributed by atoms with E-state index >= 15 is 0 Å². The van der Waals surface area contributed by atoms with Crippen molar-refractivity contribution >= 4 is 0 Å². The number of methoxy groups -OCH3 is 2. The first-order valence-electron chi connectivity index (χ1n) is 13.5. The van der Waals surface area contributed by atoms with Gasteiger partial charge in [-0.15, -0.1) is 0 Å². The standard InChI is InChI=1S/C32H48N2O3/c1-22-18-27(25-20-23(14-16-33(4)5)10-12-29(25)36-8)31(32(2,3)35)28(19-22)26-21-24(15-17-34(6)7)11-13-30(26)37-9/h10-13,18,20-21,27-28,31,35H,14-17,19H2,1-9H3/t27-,28+,31-/m0/s1. The van der Waals surface area contributed by atoms with Crippen molar-refractivity contribution in [2.75, 3.05) is 55.5 Å². The molecule has 5 heteroatoms. The molecule has 1 N–H and O–H groups in total. The van der Waals surface area contributed by atoms with Gasteiger partial charge in [0.05, 0.1) is 19.8 Å². The molecule has 0 unspecified atom stereocenters. The van der Waals surface area contributed by atoms with Gasteiger partial charge in [-0.25, -0.2) is 0 Å². The Bertz CT molecular complexity index is 1070. The third-order valence-corrected chi connectivity index (χ3v) is 7.68. The van der Waals surface area contributed by atoms with Gasteiger partial charge in [0.25, 0.3) is 0 Å². The molecule has 2 aromatic carbocycles. The number of hydrogen-bond acceptors (Lipinski definition) is 5. The van der Waals surface area contributed by atoms with E-state index in [9.17, 15) is 5.11 Å². The minimum absolute atomic E-state index is 0.0168. The molecule has 0 saturated heterocycles. The highest BCUT2D eigenvalue weighted by Crippen LogP contribution is 2.53. The summed E-state index contributed by atoms with van der Waals surface area (Å²) in [5.74, 6) is 1.85. The fraction of sp³-hybridized carbons (Fsp3) is 0.562. The van der Waals surface area contributed by atoms with Gasteiger partial charge in [-0.3, -0.25) is 0 Å². The second-order valence-corrected chi connectivity index (χ2v) is 11.8. The molecule has 1 aliphatic rings. The van der Waals surface area contributed by atoms with E-state index in [2.05, 4.69) is 87.4 Å². The minimum Gasteiger partial charge on any atom is -0.496 e. The van der Waals surface area contributed by atoms with Crippen LogP contribution in [-0.2, 0) is 12.8 Å². The van der Waals surface area contributed by atoms with Crippen LogP contribution < -0.4 is 9.47 Å². The first-order chi connectivity index (χ1) is 17.4. The maximum Gasteiger partial charge on any atom is 0.122 e. The van der Waals surface area contributed by atoms with Crippen LogP contribution in [-0.4, -0.2) is 76.0 Å². The van der Waals surface area contributed by atoms with Crippen molar-refractivity contribution in [2.24, 2.45) is 5.92 Å². The summed E-state index contributed by atoms with van der Waals surface area (Å²) in [5.41, 5.74) is 5.34. The lowest BCUT2D eigenvalue weighted by Gasteiger charge is -2.44. The molecule has 1 aliphatic carbocycles. The second kappa shape index (κ2) is 12.5. The minimum atomic E-state index is -0.915. The van der Waals surface area contributed by atoms with Crippen molar-refractivity contribution in [3.8, 4) is 11.5 Å². The number of rotatable bonds is 11. The number of hydrogen-bond donors (Lipinski definition) is 1. The van der Waals surface area contributed by atoms with Gasteiger partial charge in [-0.05, 0) is 103 Å². The molecule has 0 saturated carbocycles. The average molecular weight is 509 g/mol. The quantitative estimate of drug-likeness (QED) is 0.405. The molecule has 0 bridgehead atoms. The Morgan fingerprint density at radius 1 is 0.838 bits per heavy atom. The van der Waals surface area contributed by atoms with Crippen molar-refractivity contribution in [3.05, 3.63) is 70.3 Å². The normalized spacial score (nSPS) is 20.3. The molecule has 0 aliphatic heterocycles. The Kier molecular flexibility index (Phi) is 9.85. The van der Waals surface area contributed by atoms with Crippen LogP contribution in [0.5, 0.6) is 11.5 Å². The maximum atomic E-state index is 11.7. The van der Waals surface area contributed by atoms with Crippen molar-refractivity contribution in [2.45, 2.75) is 57.5 Å². The van der Waals surface area contributed by atoms with Gasteiger partial charge >= 0.3 is 0 Å². The molecule has 0 spiro atoms. The Morgan fingerprint density at radius 2 is 1.32 bits per heavy atom. The number of likely N-dealkylation sites (N-methyl/N-ethyl adjacent to an activating group) is 2. The Labute approximate surface area is 225 Å². The largest absolute Gasteiger partial charge is 0.496 e. The lowest BCUT2D eigenvalue weighted by atomic mass is 9.62. The van der Waals surface area contributed by atoms with E-state index in [-0.39, 0.29) is 17.8 Å². The topological polar surface area (TPSA) is 45.2 Å². The monoisotopic (exact) mass is 508 g/mol. The molecule has 204 valence electrons. The third-order valence-electron chi connectivity index (χ3n) is 7.68. The fourth-order valence-electron chi connectivity index (χ4n) is 5.86. The van der Waals surface area contributed by atoms with E-state index in [1.54, 1.807) is 14.2 Å². The molecule has 0 radical (unpaired) electrons. The number of nitrogens with zero attached hydrogens (tertiary/aromatic N) is 2. The van der Waals surface area contributed by atoms with Crippen LogP contribution in [0.4, 0.5) is 0 Å². The summed E-state index contributed by atoms with van der Waals surface area (Å²) in [6.07, 6.45) is 5.19. The Balaban J connectivity index is 2.13. The van der Waals surface area contributed by atoms with E-state index in [4.69, 9.17) is 9.47 Å². The molecule has 37 heavy (non-hydrogen) atoms. The summed E-state index contributed by atoms with van der Waals surface area (Å²) in [5, 5.41) is 11.7. The van der Waals surface area contributed by atoms with Crippen molar-refractivity contribution in [3.63, 3.8) is 0 Å². The summed E-state index contributed by atoms with van der Waals surface area (Å²) in [4.78, 5) is 4.42. The summed E-state index contributed by atoms with van der Waals surface area (Å²) in [6.45, 7) is 8.10. The number of ether oxygens (including phenoxy) is 2. The second-order valence-electron chi connectivity index (χ2n) is 11.8. The predicted octanol–water partition coefficient (Wildman–Crippen LogP) is 5.52. The highest BCUT2D eigenvalue weighted by molar-refractivity contribution is 5.48. The van der Waals surface area contributed by atoms with Crippen LogP contribution in [0.15, 0.2) is 48.0 Å². The van der Waals surface area contributed by atoms with Gasteiger partial charge in [0, 0.05) is 30.5 Å². The lowest BCUT2D eigenvalue weighted by molar-refractivity contribution is -0.00557. The zero-order valence-electron chi connectivity index (χ0n) is 24.5. The van der Waals surface area contributed by atoms with Crippen molar-refractivity contribution < 1.29 is 14.6 Å². The summed E-state index contributed by atoms with van der Waals surface area (Å²) in [6, 6.07) is 13.1. The molecule has 0 amide bonds. The zero-order chi connectivity index (χ0) is 27.3. The van der Waals surface area contributed by atoms with E-state index in [0.717, 1.165) is 49.4 Å². The lowest BCUT2D eigenvalue weighted by Crippen LogP contribution is -2.41. The van der Waals surface area contributed by atoms with Crippen LogP contribution in [0.25, 0.3) is 0 Å². The van der Waals surface area contributed by atoms with E-state index in [1.807, 2.05) is 13.8 Å². The van der Waals surface area contributed by atoms with E-state index in [0.29, 0.717) is 0 Å². The van der Waals surface area contributed by atoms with Crippen molar-refractivity contribution in [1.82, 2.24) is 9.80 Å². The number of allylic oxidation sites excluding steroid dienone is 2. The third kappa shape index (κ3) is 7.37. The number of benzene rings is 2. The predicted molar refractivity (Wildman–Crippen MR) is 154 cm³/mol. The van der Waals surface area contributed by atoms with Crippen LogP contribution >= 0.6 is 0 Å². The van der Waals surface area contributed by atoms with Gasteiger partial charge in [0.1, 0.15) is 11.5 Å². The summed E-state index contributed by atoms with van der Waals surface area (Å²) in [7, 11) is 11.9. The van der Waals surface area contributed by atoms with Crippen LogP contribution in [0.3, 0.4) is 0 Å². The fourth-order valence-corrected chi connectivity index (χ4v) is 5.86. The molecule has 3 rings (SSSR count). The van der Waals surface area contributed by atoms with Gasteiger partial charge < -0.3 is 24.4 Å². The van der Waals surface area contributed by atoms with Crippen molar-refractivity contribution in [1.29, 1.82) is 0 Å². The number of aliphatic hydroxyl groups is 1. The SMILES string of the molecule is COc1ccc(CCN(C)C)cc1[C@H]1CC(C)=C[C@@H](c2cc(CCN(C)C)ccc2OC)[C@@H]1C(C)(C)O. The van der Waals surface area contributed by atoms with E-state index < -0.39 is 5.60 Å². The molecular formula is C32H48N2O3. The summed E-state index contributed by atoms with van der Waals surface area (Å²) >= 11 is 0. The van der Waals surface area contributed by atoms with Crippen LogP contribution in [0.2, 0.25) is 0 Å². The highest BCUT2D eigenvalue weighted by Gasteiger charge is 2.44. The van der Waals surface area contributed by atoms with Crippen LogP contribution in [0, 0.1) is 5.92 Å². The maximum absolute atomic E-state index is 11.7. The molecule has 3 atom stereocenters. The zero-order valence-corrected chi connectivity index (χ0v) is 24.5. The van der Waals surface area contributed by atoms with Gasteiger partial charge in [0.2, 0.25) is 0 Å². The highest BCUT2D eigenvalue weighted by atomic mass is 16.5. The Morgan fingerprint density at radius 3 is 1.78 bits per heavy atom. The van der Waals surface area contributed by atoms with Gasteiger partial charge in [-0.2, -0.15) is 0 Å². The van der Waals surface area contributed by atoms with Gasteiger partial charge in [0.15, 0.2) is 0 Å². The Hall–Kier alpha value is -2.34. The average Bonchev–Trinajstić information content (AvgIpc) is 2.84. The molecule has 0 heterocycles. The first kappa shape index (κ1) is 29.2. The molecule has 0 aromatic heterocycles.